The third-order valence-corrected chi connectivity index (χ3v) is 3.65. The van der Waals surface area contributed by atoms with E-state index in [9.17, 15) is 4.79 Å². The van der Waals surface area contributed by atoms with Crippen LogP contribution in [0.4, 0.5) is 5.95 Å². The lowest BCUT2D eigenvalue weighted by molar-refractivity contribution is 0.0977. The molecule has 0 unspecified atom stereocenters. The van der Waals surface area contributed by atoms with Crippen molar-refractivity contribution in [2.45, 2.75) is 26.8 Å². The van der Waals surface area contributed by atoms with Gasteiger partial charge in [-0.05, 0) is 64.9 Å². The van der Waals surface area contributed by atoms with E-state index in [2.05, 4.69) is 42.0 Å². The topological polar surface area (TPSA) is 94.0 Å². The largest absolute Gasteiger partial charge is 0.493 e. The molecule has 24 heavy (non-hydrogen) atoms. The number of anilines is 1. The molecular weight excluding hydrogens is 396 g/mol. The number of rotatable bonds is 6. The standard InChI is InChI=1S/C14H17BrN6O2S/c1-3-7-21-19-13(18-20-21)17-14(24)16-12(22)9-5-6-11(23-4-2)10(15)8-9/h5-6,8H,3-4,7H2,1-2H3,(H2,16,17,19,22,24). The van der Waals surface area contributed by atoms with Crippen molar-refractivity contribution in [3.05, 3.63) is 28.2 Å². The molecular formula is C14H17BrN6O2S. The monoisotopic (exact) mass is 412 g/mol. The number of amides is 1. The lowest BCUT2D eigenvalue weighted by Gasteiger charge is -2.09. The van der Waals surface area contributed by atoms with Crippen molar-refractivity contribution in [1.82, 2.24) is 25.5 Å². The van der Waals surface area contributed by atoms with Crippen LogP contribution in [-0.4, -0.2) is 37.8 Å². The van der Waals surface area contributed by atoms with Crippen molar-refractivity contribution >= 4 is 45.1 Å². The number of hydrogen-bond acceptors (Lipinski definition) is 6. The van der Waals surface area contributed by atoms with Gasteiger partial charge in [0.25, 0.3) is 11.9 Å². The van der Waals surface area contributed by atoms with E-state index in [1.54, 1.807) is 18.2 Å². The summed E-state index contributed by atoms with van der Waals surface area (Å²) >= 11 is 8.46. The summed E-state index contributed by atoms with van der Waals surface area (Å²) in [5.41, 5.74) is 0.442. The lowest BCUT2D eigenvalue weighted by atomic mass is 10.2. The minimum atomic E-state index is -0.350. The zero-order valence-electron chi connectivity index (χ0n) is 13.2. The van der Waals surface area contributed by atoms with Gasteiger partial charge in [-0.2, -0.15) is 4.80 Å². The molecule has 0 fully saturated rings. The van der Waals surface area contributed by atoms with Crippen LogP contribution in [0.1, 0.15) is 30.6 Å². The molecule has 0 saturated heterocycles. The summed E-state index contributed by atoms with van der Waals surface area (Å²) in [5.74, 6) is 0.560. The summed E-state index contributed by atoms with van der Waals surface area (Å²) in [7, 11) is 0. The van der Waals surface area contributed by atoms with Crippen LogP contribution in [0.25, 0.3) is 0 Å². The maximum atomic E-state index is 12.2. The predicted molar refractivity (Wildman–Crippen MR) is 97.1 cm³/mol. The van der Waals surface area contributed by atoms with E-state index in [1.807, 2.05) is 13.8 Å². The molecule has 0 radical (unpaired) electrons. The Bertz CT molecular complexity index is 736. The molecule has 0 bridgehead atoms. The molecule has 0 spiro atoms. The van der Waals surface area contributed by atoms with Crippen LogP contribution in [0.2, 0.25) is 0 Å². The minimum absolute atomic E-state index is 0.0982. The summed E-state index contributed by atoms with van der Waals surface area (Å²) in [5, 5.41) is 17.1. The van der Waals surface area contributed by atoms with Crippen molar-refractivity contribution in [3.63, 3.8) is 0 Å². The van der Waals surface area contributed by atoms with Crippen molar-refractivity contribution in [3.8, 4) is 5.75 Å². The van der Waals surface area contributed by atoms with Crippen LogP contribution in [0.15, 0.2) is 22.7 Å². The highest BCUT2D eigenvalue weighted by atomic mass is 79.9. The number of nitrogens with one attached hydrogen (secondary N) is 2. The quantitative estimate of drug-likeness (QED) is 0.703. The molecule has 0 aliphatic carbocycles. The van der Waals surface area contributed by atoms with Crippen LogP contribution in [0, 0.1) is 0 Å². The number of carbonyl (C=O) groups is 1. The first-order valence-corrected chi connectivity index (χ1v) is 8.56. The van der Waals surface area contributed by atoms with Gasteiger partial charge in [0.1, 0.15) is 5.75 Å². The number of aryl methyl sites for hydroxylation is 1. The molecule has 2 N–H and O–H groups in total. The van der Waals surface area contributed by atoms with Crippen molar-refractivity contribution in [1.29, 1.82) is 0 Å². The van der Waals surface area contributed by atoms with E-state index in [0.717, 1.165) is 6.42 Å². The van der Waals surface area contributed by atoms with Gasteiger partial charge in [0.05, 0.1) is 17.6 Å². The molecule has 1 aromatic heterocycles. The van der Waals surface area contributed by atoms with Gasteiger partial charge in [-0.15, -0.1) is 5.10 Å². The zero-order chi connectivity index (χ0) is 17.5. The van der Waals surface area contributed by atoms with E-state index >= 15 is 0 Å². The Balaban J connectivity index is 1.95. The van der Waals surface area contributed by atoms with E-state index in [0.29, 0.717) is 28.9 Å². The second-order valence-electron chi connectivity index (χ2n) is 4.70. The number of hydrogen-bond donors (Lipinski definition) is 2. The average molecular weight is 413 g/mol. The van der Waals surface area contributed by atoms with Gasteiger partial charge < -0.3 is 4.74 Å². The normalized spacial score (nSPS) is 10.3. The number of tetrazole rings is 1. The van der Waals surface area contributed by atoms with Crippen LogP contribution >= 0.6 is 28.1 Å². The minimum Gasteiger partial charge on any atom is -0.493 e. The van der Waals surface area contributed by atoms with Gasteiger partial charge in [0.15, 0.2) is 5.11 Å². The summed E-state index contributed by atoms with van der Waals surface area (Å²) in [6.45, 7) is 5.11. The number of ether oxygens (including phenoxy) is 1. The fourth-order valence-corrected chi connectivity index (χ4v) is 2.49. The highest BCUT2D eigenvalue weighted by Crippen LogP contribution is 2.25. The van der Waals surface area contributed by atoms with Gasteiger partial charge in [0, 0.05) is 5.56 Å². The van der Waals surface area contributed by atoms with Gasteiger partial charge in [-0.25, -0.2) is 0 Å². The molecule has 0 aliphatic heterocycles. The fraction of sp³-hybridized carbons (Fsp3) is 0.357. The maximum absolute atomic E-state index is 12.2. The molecule has 2 rings (SSSR count). The van der Waals surface area contributed by atoms with Crippen LogP contribution < -0.4 is 15.4 Å². The molecule has 8 nitrogen and oxygen atoms in total. The number of nitrogens with zero attached hydrogens (tertiary/aromatic N) is 4. The highest BCUT2D eigenvalue weighted by Gasteiger charge is 2.12. The summed E-state index contributed by atoms with van der Waals surface area (Å²) in [6, 6.07) is 5.04. The number of benzene rings is 1. The Morgan fingerprint density at radius 2 is 2.21 bits per heavy atom. The first kappa shape index (κ1) is 18.3. The first-order valence-electron chi connectivity index (χ1n) is 7.36. The molecule has 0 aliphatic rings. The molecule has 1 amide bonds. The van der Waals surface area contributed by atoms with Gasteiger partial charge >= 0.3 is 0 Å². The van der Waals surface area contributed by atoms with Crippen molar-refractivity contribution in [2.24, 2.45) is 0 Å². The number of carbonyl (C=O) groups excluding carboxylic acids is 1. The Labute approximate surface area is 153 Å². The van der Waals surface area contributed by atoms with E-state index in [4.69, 9.17) is 17.0 Å². The second kappa shape index (κ2) is 8.69. The van der Waals surface area contributed by atoms with E-state index in [-0.39, 0.29) is 17.0 Å². The van der Waals surface area contributed by atoms with Crippen molar-refractivity contribution in [2.75, 3.05) is 11.9 Å². The van der Waals surface area contributed by atoms with Crippen molar-refractivity contribution < 1.29 is 9.53 Å². The van der Waals surface area contributed by atoms with Gasteiger partial charge in [0.2, 0.25) is 0 Å². The second-order valence-corrected chi connectivity index (χ2v) is 5.96. The Kier molecular flexibility index (Phi) is 6.62. The first-order chi connectivity index (χ1) is 11.5. The van der Waals surface area contributed by atoms with E-state index in [1.165, 1.54) is 4.80 Å². The molecule has 128 valence electrons. The maximum Gasteiger partial charge on any atom is 0.269 e. The summed E-state index contributed by atoms with van der Waals surface area (Å²) < 4.78 is 6.11. The smallest absolute Gasteiger partial charge is 0.269 e. The molecule has 0 saturated carbocycles. The molecule has 1 aromatic carbocycles. The Morgan fingerprint density at radius 3 is 2.88 bits per heavy atom. The predicted octanol–water partition coefficient (Wildman–Crippen LogP) is 2.37. The van der Waals surface area contributed by atoms with Gasteiger partial charge in [-0.3, -0.25) is 15.4 Å². The number of halogens is 1. The van der Waals surface area contributed by atoms with Gasteiger partial charge in [-0.1, -0.05) is 12.0 Å². The fourth-order valence-electron chi connectivity index (χ4n) is 1.81. The third-order valence-electron chi connectivity index (χ3n) is 2.82. The summed E-state index contributed by atoms with van der Waals surface area (Å²) in [6.07, 6.45) is 0.892. The van der Waals surface area contributed by atoms with Crippen LogP contribution in [-0.2, 0) is 6.54 Å². The highest BCUT2D eigenvalue weighted by molar-refractivity contribution is 9.10. The average Bonchev–Trinajstić information content (AvgIpc) is 2.96. The molecule has 10 heteroatoms. The Morgan fingerprint density at radius 1 is 1.42 bits per heavy atom. The van der Waals surface area contributed by atoms with E-state index < -0.39 is 0 Å². The zero-order valence-corrected chi connectivity index (χ0v) is 15.6. The van der Waals surface area contributed by atoms with Crippen LogP contribution in [0.3, 0.4) is 0 Å². The van der Waals surface area contributed by atoms with Crippen LogP contribution in [0.5, 0.6) is 5.75 Å². The summed E-state index contributed by atoms with van der Waals surface area (Å²) in [4.78, 5) is 13.7. The SMILES string of the molecule is CCCn1nnc(NC(=S)NC(=O)c2ccc(OCC)c(Br)c2)n1. The third kappa shape index (κ3) is 4.96. The molecule has 2 aromatic rings. The Hall–Kier alpha value is -2.07. The lowest BCUT2D eigenvalue weighted by Crippen LogP contribution is -2.34. The number of aromatic nitrogens is 4. The molecule has 1 heterocycles. The number of thiocarbonyl (C=S) groups is 1. The molecule has 0 atom stereocenters.